The van der Waals surface area contributed by atoms with Gasteiger partial charge in [0.05, 0.1) is 17.8 Å². The summed E-state index contributed by atoms with van der Waals surface area (Å²) in [6, 6.07) is 0.300. The molecule has 326 valence electrons. The molecule has 2 saturated heterocycles. The van der Waals surface area contributed by atoms with E-state index < -0.39 is 5.60 Å². The summed E-state index contributed by atoms with van der Waals surface area (Å²) in [6.07, 6.45) is 18.3. The summed E-state index contributed by atoms with van der Waals surface area (Å²) in [5, 5.41) is 34.7. The van der Waals surface area contributed by atoms with Gasteiger partial charge in [-0.3, -0.25) is 14.5 Å². The number of aliphatic hydroxyl groups excluding tert-OH is 2. The molecule has 0 aromatic rings. The number of aliphatic hydroxyl groups is 3. The van der Waals surface area contributed by atoms with Crippen LogP contribution in [-0.4, -0.2) is 75.0 Å². The van der Waals surface area contributed by atoms with E-state index in [1.165, 1.54) is 38.5 Å². The molecule has 0 spiro atoms. The second-order valence-corrected chi connectivity index (χ2v) is 24.6. The Morgan fingerprint density at radius 2 is 1.50 bits per heavy atom. The van der Waals surface area contributed by atoms with E-state index in [1.54, 1.807) is 0 Å². The number of piperidine rings is 2. The van der Waals surface area contributed by atoms with Gasteiger partial charge in [0, 0.05) is 37.9 Å². The number of esters is 1. The van der Waals surface area contributed by atoms with Crippen molar-refractivity contribution < 1.29 is 29.6 Å². The Hall–Kier alpha value is -1.02. The number of carbonyl (C=O) groups excluding carboxylic acids is 2. The molecule has 0 bridgehead atoms. The summed E-state index contributed by atoms with van der Waals surface area (Å²) in [4.78, 5) is 30.5. The maximum Gasteiger partial charge on any atom is 0.306 e. The highest BCUT2D eigenvalue weighted by atomic mass is 16.5. The van der Waals surface area contributed by atoms with E-state index in [9.17, 15) is 24.9 Å². The Kier molecular flexibility index (Phi) is 10.3. The Bertz CT molecular complexity index is 1600. The first-order valence-electron chi connectivity index (χ1n) is 25.1. The number of fused-ring (bicyclic) bond motifs is 13. The Labute approximate surface area is 351 Å². The molecule has 2 heterocycles. The largest absolute Gasteiger partial charge is 0.462 e. The summed E-state index contributed by atoms with van der Waals surface area (Å²) in [5.74, 6) is 7.31. The second-order valence-electron chi connectivity index (χ2n) is 24.6. The molecule has 0 amide bonds. The van der Waals surface area contributed by atoms with Gasteiger partial charge in [0.15, 0.2) is 0 Å². The lowest BCUT2D eigenvalue weighted by atomic mass is 9.43. The van der Waals surface area contributed by atoms with E-state index in [2.05, 4.69) is 46.4 Å². The molecule has 0 unspecified atom stereocenters. The van der Waals surface area contributed by atoms with Crippen LogP contribution in [0.25, 0.3) is 0 Å². The summed E-state index contributed by atoms with van der Waals surface area (Å²) in [5.41, 5.74) is -0.503. The van der Waals surface area contributed by atoms with Gasteiger partial charge in [-0.2, -0.15) is 0 Å². The van der Waals surface area contributed by atoms with Crippen LogP contribution in [0.3, 0.4) is 0 Å². The summed E-state index contributed by atoms with van der Waals surface area (Å²) < 4.78 is 6.31. The number of carbonyl (C=O) groups is 2. The smallest absolute Gasteiger partial charge is 0.306 e. The summed E-state index contributed by atoms with van der Waals surface area (Å²) >= 11 is 0. The van der Waals surface area contributed by atoms with Crippen molar-refractivity contribution in [3.63, 3.8) is 0 Å². The van der Waals surface area contributed by atoms with Gasteiger partial charge in [-0.05, 0) is 209 Å². The topological polar surface area (TPSA) is 107 Å². The minimum atomic E-state index is -0.624. The predicted octanol–water partition coefficient (Wildman–Crippen LogP) is 8.84. The minimum absolute atomic E-state index is 0.0139. The normalized spacial score (nSPS) is 56.6. The third-order valence-corrected chi connectivity index (χ3v) is 22.4. The molecule has 8 aliphatic carbocycles. The first-order valence-corrected chi connectivity index (χ1v) is 25.1. The lowest BCUT2D eigenvalue weighted by Gasteiger charge is -2.62. The Morgan fingerprint density at radius 1 is 0.759 bits per heavy atom. The first-order chi connectivity index (χ1) is 27.5. The molecule has 8 saturated carbocycles. The van der Waals surface area contributed by atoms with E-state index in [0.29, 0.717) is 108 Å². The van der Waals surface area contributed by atoms with Crippen LogP contribution in [0.15, 0.2) is 0 Å². The van der Waals surface area contributed by atoms with Gasteiger partial charge in [-0.15, -0.1) is 0 Å². The molecule has 58 heavy (non-hydrogen) atoms. The summed E-state index contributed by atoms with van der Waals surface area (Å²) in [6.45, 7) is 16.4. The van der Waals surface area contributed by atoms with Gasteiger partial charge in [0.25, 0.3) is 0 Å². The molecule has 0 aromatic carbocycles. The van der Waals surface area contributed by atoms with Crippen molar-refractivity contribution in [3.05, 3.63) is 0 Å². The quantitative estimate of drug-likeness (QED) is 0.239. The van der Waals surface area contributed by atoms with E-state index in [-0.39, 0.29) is 46.4 Å². The van der Waals surface area contributed by atoms with Crippen LogP contribution in [0, 0.1) is 99.1 Å². The highest BCUT2D eigenvalue weighted by Crippen LogP contribution is 2.69. The molecule has 10 rings (SSSR count). The second kappa shape index (κ2) is 14.5. The maximum atomic E-state index is 14.2. The van der Waals surface area contributed by atoms with E-state index in [4.69, 9.17) is 4.74 Å². The fourth-order valence-electron chi connectivity index (χ4n) is 19.4. The molecule has 7 heteroatoms. The van der Waals surface area contributed by atoms with Crippen molar-refractivity contribution in [2.75, 3.05) is 13.1 Å². The van der Waals surface area contributed by atoms with Gasteiger partial charge in [0.1, 0.15) is 11.9 Å². The molecule has 10 fully saturated rings. The molecule has 22 atom stereocenters. The zero-order valence-electron chi connectivity index (χ0n) is 37.3. The highest BCUT2D eigenvalue weighted by Gasteiger charge is 2.66. The van der Waals surface area contributed by atoms with Crippen molar-refractivity contribution in [3.8, 4) is 0 Å². The van der Waals surface area contributed by atoms with Gasteiger partial charge < -0.3 is 20.1 Å². The maximum absolute atomic E-state index is 14.2. The number of Topliss-reactive ketones (excluding diaryl/α,β-unsaturated/α-hetero) is 1. The van der Waals surface area contributed by atoms with E-state index in [1.807, 2.05) is 0 Å². The Balaban J connectivity index is 0.754. The number of ether oxygens (including phenoxy) is 1. The molecule has 7 nitrogen and oxygen atoms in total. The number of ketones is 1. The third kappa shape index (κ3) is 6.11. The lowest BCUT2D eigenvalue weighted by molar-refractivity contribution is -0.175. The number of hydrogen-bond acceptors (Lipinski definition) is 7. The lowest BCUT2D eigenvalue weighted by Crippen LogP contribution is -2.67. The molecule has 10 aliphatic rings. The van der Waals surface area contributed by atoms with Crippen LogP contribution >= 0.6 is 0 Å². The fraction of sp³-hybridized carbons (Fsp3) is 0.961. The van der Waals surface area contributed by atoms with Crippen molar-refractivity contribution in [2.45, 2.75) is 193 Å². The number of rotatable bonds is 5. The average molecular weight is 804 g/mol. The van der Waals surface area contributed by atoms with E-state index in [0.717, 1.165) is 77.3 Å². The monoisotopic (exact) mass is 804 g/mol. The zero-order valence-corrected chi connectivity index (χ0v) is 37.3. The number of nitrogens with zero attached hydrogens (tertiary/aromatic N) is 1. The van der Waals surface area contributed by atoms with E-state index >= 15 is 0 Å². The van der Waals surface area contributed by atoms with Crippen molar-refractivity contribution in [2.24, 2.45) is 99.1 Å². The van der Waals surface area contributed by atoms with Crippen LogP contribution in [0.5, 0.6) is 0 Å². The third-order valence-electron chi connectivity index (χ3n) is 22.4. The van der Waals surface area contributed by atoms with Gasteiger partial charge in [-0.1, -0.05) is 34.6 Å². The Morgan fingerprint density at radius 3 is 2.31 bits per heavy atom. The molecular formula is C51H81NO6. The van der Waals surface area contributed by atoms with Crippen LogP contribution in [0.1, 0.15) is 164 Å². The van der Waals surface area contributed by atoms with Gasteiger partial charge in [0.2, 0.25) is 0 Å². The van der Waals surface area contributed by atoms with Crippen LogP contribution in [0.4, 0.5) is 0 Å². The number of hydrogen-bond donors (Lipinski definition) is 3. The molecule has 2 aliphatic heterocycles. The first kappa shape index (κ1) is 41.0. The SMILES string of the molecule is C[C@H]1CC[C@@H]2N(C1)C[C@H]1[C@@H]3C[C@H]4[C@@H](CC(=O)[C@H]5C[C@@H](OC(=O)CC[C@@H](C)[C@H]6CC[C@H]7[C@@H]8CC[C@@H]9C[C@H](O)CC[C@]9(C)[C@H]8C[C@H](O)[C@]67C)CC[C@@]54C)[C@@H]3CC[C@@H]1[C@]2(C)O. The molecular weight excluding hydrogens is 723 g/mol. The highest BCUT2D eigenvalue weighted by molar-refractivity contribution is 5.83. The predicted molar refractivity (Wildman–Crippen MR) is 225 cm³/mol. The zero-order chi connectivity index (χ0) is 40.7. The van der Waals surface area contributed by atoms with Gasteiger partial charge in [-0.25, -0.2) is 0 Å². The standard InChI is InChI=1S/C51H81NO6/c1-28-7-15-45-51(6,57)40-12-11-33-35(37(40)27-52(45)26-28)23-41-36(33)24-44(54)43-22-32(18-20-49(41,43)4)58-47(56)16-8-29(2)38-13-14-39-34-10-9-30-21-31(53)17-19-48(30,3)42(34)25-46(55)50(38,39)5/h28-43,45-46,53,55,57H,7-27H2,1-6H3/t28-,29+,30+,31+,32-,33+,34-,35+,36-,37-,38+,39-,40-,41-,42-,43+,45-,46-,48-,49+,50+,51-/m0/s1. The fourth-order valence-corrected chi connectivity index (χ4v) is 19.4. The van der Waals surface area contributed by atoms with Crippen molar-refractivity contribution in [1.82, 2.24) is 4.90 Å². The molecule has 0 radical (unpaired) electrons. The van der Waals surface area contributed by atoms with Gasteiger partial charge >= 0.3 is 5.97 Å². The minimum Gasteiger partial charge on any atom is -0.462 e. The van der Waals surface area contributed by atoms with Crippen LogP contribution in [-0.2, 0) is 14.3 Å². The van der Waals surface area contributed by atoms with Crippen LogP contribution in [0.2, 0.25) is 0 Å². The summed E-state index contributed by atoms with van der Waals surface area (Å²) in [7, 11) is 0. The van der Waals surface area contributed by atoms with Crippen molar-refractivity contribution in [1.29, 1.82) is 0 Å². The molecule has 3 N–H and O–H groups in total. The van der Waals surface area contributed by atoms with Crippen molar-refractivity contribution >= 4 is 11.8 Å². The average Bonchev–Trinajstić information content (AvgIpc) is 3.74. The molecule has 0 aromatic heterocycles. The van der Waals surface area contributed by atoms with Crippen LogP contribution < -0.4 is 0 Å².